The molecule has 0 saturated heterocycles. The summed E-state index contributed by atoms with van der Waals surface area (Å²) in [6.45, 7) is 0. The van der Waals surface area contributed by atoms with Crippen LogP contribution in [0.2, 0.25) is 5.02 Å². The van der Waals surface area contributed by atoms with Gasteiger partial charge in [-0.15, -0.1) is 0 Å². The third kappa shape index (κ3) is 2.39. The second-order valence-corrected chi connectivity index (χ2v) is 5.75. The predicted octanol–water partition coefficient (Wildman–Crippen LogP) is 4.35. The van der Waals surface area contributed by atoms with Gasteiger partial charge in [0.2, 0.25) is 0 Å². The van der Waals surface area contributed by atoms with Crippen LogP contribution >= 0.6 is 27.5 Å². The summed E-state index contributed by atoms with van der Waals surface area (Å²) in [7, 11) is 0. The largest absolute Gasteiger partial charge is 0.369 e. The summed E-state index contributed by atoms with van der Waals surface area (Å²) in [6.07, 6.45) is 0. The molecule has 0 aliphatic carbocycles. The van der Waals surface area contributed by atoms with Gasteiger partial charge in [-0.2, -0.15) is 0 Å². The molecular formula is C14H9BrClFN2O. The fourth-order valence-corrected chi connectivity index (χ4v) is 2.87. The maximum atomic E-state index is 13.2. The van der Waals surface area contributed by atoms with E-state index < -0.39 is 6.04 Å². The molecule has 0 bridgehead atoms. The minimum Gasteiger partial charge on any atom is -0.369 e. The normalized spacial score (nSPS) is 16.8. The third-order valence-corrected chi connectivity index (χ3v) is 3.88. The number of carbonyl (C=O) groups is 1. The average molecular weight is 356 g/mol. The number of benzene rings is 2. The number of amides is 1. The van der Waals surface area contributed by atoms with E-state index >= 15 is 0 Å². The van der Waals surface area contributed by atoms with Crippen LogP contribution in [0.3, 0.4) is 0 Å². The Bertz CT molecular complexity index is 708. The summed E-state index contributed by atoms with van der Waals surface area (Å²) in [4.78, 5) is 12.0. The SMILES string of the molecule is O=C1Nc2cc(F)ccc2C1Nc1ccc(Br)cc1Cl. The predicted molar refractivity (Wildman–Crippen MR) is 80.5 cm³/mol. The molecule has 0 aromatic heterocycles. The van der Waals surface area contributed by atoms with Gasteiger partial charge in [-0.05, 0) is 30.3 Å². The van der Waals surface area contributed by atoms with E-state index in [1.807, 2.05) is 6.07 Å². The summed E-state index contributed by atoms with van der Waals surface area (Å²) in [6, 6.07) is 8.99. The minimum atomic E-state index is -0.579. The van der Waals surface area contributed by atoms with Crippen molar-refractivity contribution in [3.63, 3.8) is 0 Å². The summed E-state index contributed by atoms with van der Waals surface area (Å²) in [5, 5.41) is 6.22. The fourth-order valence-electron chi connectivity index (χ4n) is 2.14. The number of rotatable bonds is 2. The number of anilines is 2. The molecule has 2 N–H and O–H groups in total. The zero-order chi connectivity index (χ0) is 14.3. The molecule has 6 heteroatoms. The third-order valence-electron chi connectivity index (χ3n) is 3.08. The Morgan fingerprint density at radius 1 is 1.25 bits per heavy atom. The molecule has 3 rings (SSSR count). The Morgan fingerprint density at radius 3 is 2.80 bits per heavy atom. The van der Waals surface area contributed by atoms with E-state index in [0.717, 1.165) is 4.47 Å². The first-order valence-electron chi connectivity index (χ1n) is 5.86. The zero-order valence-corrected chi connectivity index (χ0v) is 12.4. The smallest absolute Gasteiger partial charge is 0.251 e. The molecule has 0 fully saturated rings. The van der Waals surface area contributed by atoms with Crippen LogP contribution in [0.1, 0.15) is 11.6 Å². The molecule has 1 aliphatic rings. The van der Waals surface area contributed by atoms with Gasteiger partial charge in [0.1, 0.15) is 11.9 Å². The summed E-state index contributed by atoms with van der Waals surface area (Å²) < 4.78 is 14.0. The highest BCUT2D eigenvalue weighted by molar-refractivity contribution is 9.10. The van der Waals surface area contributed by atoms with Crippen LogP contribution in [-0.2, 0) is 4.79 Å². The van der Waals surface area contributed by atoms with Crippen LogP contribution in [0.25, 0.3) is 0 Å². The molecule has 1 aliphatic heterocycles. The van der Waals surface area contributed by atoms with E-state index in [0.29, 0.717) is 22.0 Å². The van der Waals surface area contributed by atoms with Gasteiger partial charge < -0.3 is 10.6 Å². The van der Waals surface area contributed by atoms with Crippen LogP contribution in [0.15, 0.2) is 40.9 Å². The highest BCUT2D eigenvalue weighted by Crippen LogP contribution is 2.36. The Labute approximate surface area is 128 Å². The number of hydrogen-bond donors (Lipinski definition) is 2. The molecule has 0 radical (unpaired) electrons. The van der Waals surface area contributed by atoms with Crippen molar-refractivity contribution < 1.29 is 9.18 Å². The van der Waals surface area contributed by atoms with Crippen molar-refractivity contribution in [2.24, 2.45) is 0 Å². The first-order valence-corrected chi connectivity index (χ1v) is 7.03. The van der Waals surface area contributed by atoms with Crippen molar-refractivity contribution in [3.05, 3.63) is 57.3 Å². The zero-order valence-electron chi connectivity index (χ0n) is 10.1. The number of fused-ring (bicyclic) bond motifs is 1. The molecule has 0 saturated carbocycles. The van der Waals surface area contributed by atoms with E-state index in [-0.39, 0.29) is 11.7 Å². The molecule has 1 unspecified atom stereocenters. The van der Waals surface area contributed by atoms with Crippen LogP contribution in [0, 0.1) is 5.82 Å². The monoisotopic (exact) mass is 354 g/mol. The van der Waals surface area contributed by atoms with Crippen LogP contribution in [0.5, 0.6) is 0 Å². The van der Waals surface area contributed by atoms with Crippen LogP contribution < -0.4 is 10.6 Å². The van der Waals surface area contributed by atoms with Gasteiger partial charge in [-0.3, -0.25) is 4.79 Å². The fraction of sp³-hybridized carbons (Fsp3) is 0.0714. The van der Waals surface area contributed by atoms with Crippen molar-refractivity contribution in [1.29, 1.82) is 0 Å². The Morgan fingerprint density at radius 2 is 2.05 bits per heavy atom. The topological polar surface area (TPSA) is 41.1 Å². The quantitative estimate of drug-likeness (QED) is 0.841. The van der Waals surface area contributed by atoms with Gasteiger partial charge in [-0.1, -0.05) is 33.6 Å². The molecule has 1 heterocycles. The van der Waals surface area contributed by atoms with E-state index in [2.05, 4.69) is 26.6 Å². The summed E-state index contributed by atoms with van der Waals surface area (Å²) >= 11 is 9.45. The Kier molecular flexibility index (Phi) is 3.40. The molecular weight excluding hydrogens is 347 g/mol. The molecule has 1 atom stereocenters. The lowest BCUT2D eigenvalue weighted by Gasteiger charge is -2.14. The molecule has 3 nitrogen and oxygen atoms in total. The highest BCUT2D eigenvalue weighted by Gasteiger charge is 2.31. The Hall–Kier alpha value is -1.59. The minimum absolute atomic E-state index is 0.232. The van der Waals surface area contributed by atoms with E-state index in [9.17, 15) is 9.18 Å². The van der Waals surface area contributed by atoms with E-state index in [1.54, 1.807) is 18.2 Å². The maximum absolute atomic E-state index is 13.2. The highest BCUT2D eigenvalue weighted by atomic mass is 79.9. The molecule has 2 aromatic rings. The van der Waals surface area contributed by atoms with E-state index in [1.165, 1.54) is 12.1 Å². The van der Waals surface area contributed by atoms with E-state index in [4.69, 9.17) is 11.6 Å². The molecule has 2 aromatic carbocycles. The molecule has 102 valence electrons. The second kappa shape index (κ2) is 5.07. The standard InChI is InChI=1S/C14H9BrClFN2O/c15-7-1-4-11(10(16)5-7)18-13-9-3-2-8(17)6-12(9)19-14(13)20/h1-6,13,18H,(H,19,20). The maximum Gasteiger partial charge on any atom is 0.251 e. The lowest BCUT2D eigenvalue weighted by Crippen LogP contribution is -2.19. The lowest BCUT2D eigenvalue weighted by molar-refractivity contribution is -0.116. The first-order chi connectivity index (χ1) is 9.54. The van der Waals surface area contributed by atoms with Gasteiger partial charge in [-0.25, -0.2) is 4.39 Å². The van der Waals surface area contributed by atoms with Crippen molar-refractivity contribution >= 4 is 44.8 Å². The van der Waals surface area contributed by atoms with Gasteiger partial charge in [0.05, 0.1) is 10.7 Å². The number of hydrogen-bond acceptors (Lipinski definition) is 2. The average Bonchev–Trinajstić information content (AvgIpc) is 2.68. The summed E-state index contributed by atoms with van der Waals surface area (Å²) in [5.41, 5.74) is 1.84. The number of carbonyl (C=O) groups excluding carboxylic acids is 1. The van der Waals surface area contributed by atoms with Gasteiger partial charge in [0.25, 0.3) is 5.91 Å². The van der Waals surface area contributed by atoms with Crippen molar-refractivity contribution in [2.75, 3.05) is 10.6 Å². The van der Waals surface area contributed by atoms with Crippen LogP contribution in [-0.4, -0.2) is 5.91 Å². The molecule has 0 spiro atoms. The Balaban J connectivity index is 1.94. The van der Waals surface area contributed by atoms with Crippen LogP contribution in [0.4, 0.5) is 15.8 Å². The first kappa shape index (κ1) is 13.4. The number of nitrogens with one attached hydrogen (secondary N) is 2. The van der Waals surface area contributed by atoms with Gasteiger partial charge >= 0.3 is 0 Å². The summed E-state index contributed by atoms with van der Waals surface area (Å²) in [5.74, 6) is -0.615. The number of halogens is 3. The van der Waals surface area contributed by atoms with Crippen molar-refractivity contribution in [1.82, 2.24) is 0 Å². The molecule has 1 amide bonds. The van der Waals surface area contributed by atoms with Crippen molar-refractivity contribution in [3.8, 4) is 0 Å². The second-order valence-electron chi connectivity index (χ2n) is 4.42. The van der Waals surface area contributed by atoms with Crippen molar-refractivity contribution in [2.45, 2.75) is 6.04 Å². The van der Waals surface area contributed by atoms with Gasteiger partial charge in [0.15, 0.2) is 0 Å². The van der Waals surface area contributed by atoms with Gasteiger partial charge in [0, 0.05) is 15.7 Å². The molecule has 20 heavy (non-hydrogen) atoms. The lowest BCUT2D eigenvalue weighted by atomic mass is 10.1.